The molecule has 0 amide bonds. The van der Waals surface area contributed by atoms with Gasteiger partial charge in [0.15, 0.2) is 11.6 Å². The molecule has 1 aromatic carbocycles. The Kier molecular flexibility index (Phi) is 2.77. The van der Waals surface area contributed by atoms with E-state index >= 15 is 0 Å². The van der Waals surface area contributed by atoms with Crippen molar-refractivity contribution >= 4 is 0 Å². The van der Waals surface area contributed by atoms with Gasteiger partial charge in [-0.1, -0.05) is 6.42 Å². The second kappa shape index (κ2) is 4.06. The normalized spacial score (nSPS) is 21.5. The van der Waals surface area contributed by atoms with Gasteiger partial charge in [0.2, 0.25) is 0 Å². The van der Waals surface area contributed by atoms with Crippen molar-refractivity contribution in [3.05, 3.63) is 23.5 Å². The first-order valence-corrected chi connectivity index (χ1v) is 5.14. The van der Waals surface area contributed by atoms with Gasteiger partial charge in [-0.25, -0.2) is 4.39 Å². The van der Waals surface area contributed by atoms with Gasteiger partial charge in [-0.05, 0) is 31.5 Å². The van der Waals surface area contributed by atoms with Crippen molar-refractivity contribution in [3.63, 3.8) is 0 Å². The van der Waals surface area contributed by atoms with Gasteiger partial charge in [0.05, 0.1) is 5.56 Å². The van der Waals surface area contributed by atoms with Crippen molar-refractivity contribution in [3.8, 4) is 11.5 Å². The van der Waals surface area contributed by atoms with E-state index in [2.05, 4.69) is 5.32 Å². The third-order valence-electron chi connectivity index (χ3n) is 2.80. The van der Waals surface area contributed by atoms with Crippen LogP contribution in [0.5, 0.6) is 11.5 Å². The molecule has 0 radical (unpaired) electrons. The molecule has 1 saturated heterocycles. The van der Waals surface area contributed by atoms with Crippen molar-refractivity contribution < 1.29 is 14.6 Å². The number of rotatable bonds is 1. The smallest absolute Gasteiger partial charge is 0.173 e. The highest BCUT2D eigenvalue weighted by Gasteiger charge is 2.23. The summed E-state index contributed by atoms with van der Waals surface area (Å²) in [5.41, 5.74) is 0.190. The largest absolute Gasteiger partial charge is 0.507 e. The summed E-state index contributed by atoms with van der Waals surface area (Å²) < 4.78 is 13.6. The molecule has 1 aliphatic rings. The topological polar surface area (TPSA) is 52.5 Å². The lowest BCUT2D eigenvalue weighted by molar-refractivity contribution is 0.363. The molecule has 0 spiro atoms. The van der Waals surface area contributed by atoms with Gasteiger partial charge in [-0.3, -0.25) is 0 Å². The Hall–Kier alpha value is -1.29. The average Bonchev–Trinajstić information content (AvgIpc) is 2.26. The van der Waals surface area contributed by atoms with Crippen molar-refractivity contribution in [2.24, 2.45) is 0 Å². The standard InChI is InChI=1S/C11H14FNO2/c12-11-9(15)5-4-8(14)10(11)7-3-1-2-6-13-7/h4-5,7,13-15H,1-3,6H2. The van der Waals surface area contributed by atoms with E-state index in [1.807, 2.05) is 0 Å². The van der Waals surface area contributed by atoms with Crippen LogP contribution in [0.4, 0.5) is 4.39 Å². The Balaban J connectivity index is 2.36. The zero-order valence-corrected chi connectivity index (χ0v) is 8.33. The van der Waals surface area contributed by atoms with Crippen LogP contribution in [-0.2, 0) is 0 Å². The number of aromatic hydroxyl groups is 2. The van der Waals surface area contributed by atoms with Crippen molar-refractivity contribution in [1.29, 1.82) is 0 Å². The SMILES string of the molecule is Oc1ccc(O)c(C2CCCCN2)c1F. The number of piperidine rings is 1. The summed E-state index contributed by atoms with van der Waals surface area (Å²) in [6.45, 7) is 0.819. The van der Waals surface area contributed by atoms with Gasteiger partial charge < -0.3 is 15.5 Å². The molecule has 1 aromatic rings. The van der Waals surface area contributed by atoms with Crippen LogP contribution < -0.4 is 5.32 Å². The molecule has 0 bridgehead atoms. The highest BCUT2D eigenvalue weighted by Crippen LogP contribution is 2.35. The van der Waals surface area contributed by atoms with E-state index in [-0.39, 0.29) is 17.4 Å². The molecule has 82 valence electrons. The minimum Gasteiger partial charge on any atom is -0.507 e. The van der Waals surface area contributed by atoms with Gasteiger partial charge in [-0.15, -0.1) is 0 Å². The van der Waals surface area contributed by atoms with Crippen molar-refractivity contribution in [2.45, 2.75) is 25.3 Å². The first-order chi connectivity index (χ1) is 7.20. The van der Waals surface area contributed by atoms with E-state index in [1.54, 1.807) is 0 Å². The molecule has 3 nitrogen and oxygen atoms in total. The minimum absolute atomic E-state index is 0.0929. The monoisotopic (exact) mass is 211 g/mol. The fraction of sp³-hybridized carbons (Fsp3) is 0.455. The van der Waals surface area contributed by atoms with E-state index in [1.165, 1.54) is 6.07 Å². The molecule has 1 aliphatic heterocycles. The van der Waals surface area contributed by atoms with Crippen LogP contribution in [0.2, 0.25) is 0 Å². The number of phenolic OH excluding ortho intramolecular Hbond substituents is 2. The molecule has 0 aliphatic carbocycles. The summed E-state index contributed by atoms with van der Waals surface area (Å²) in [6, 6.07) is 2.30. The van der Waals surface area contributed by atoms with Crippen LogP contribution in [0.15, 0.2) is 12.1 Å². The lowest BCUT2D eigenvalue weighted by Gasteiger charge is -2.24. The summed E-state index contributed by atoms with van der Waals surface area (Å²) in [6.07, 6.45) is 2.86. The molecular formula is C11H14FNO2. The maximum atomic E-state index is 13.6. The first-order valence-electron chi connectivity index (χ1n) is 5.14. The predicted octanol–water partition coefficient (Wildman–Crippen LogP) is 2.05. The van der Waals surface area contributed by atoms with E-state index in [0.29, 0.717) is 0 Å². The lowest BCUT2D eigenvalue weighted by Crippen LogP contribution is -2.27. The van der Waals surface area contributed by atoms with Crippen LogP contribution >= 0.6 is 0 Å². The van der Waals surface area contributed by atoms with E-state index in [0.717, 1.165) is 31.9 Å². The third-order valence-corrected chi connectivity index (χ3v) is 2.80. The van der Waals surface area contributed by atoms with Crippen LogP contribution in [-0.4, -0.2) is 16.8 Å². The number of benzene rings is 1. The molecule has 1 unspecified atom stereocenters. The molecular weight excluding hydrogens is 197 g/mol. The van der Waals surface area contributed by atoms with Crippen LogP contribution in [0.25, 0.3) is 0 Å². The second-order valence-corrected chi connectivity index (χ2v) is 3.83. The van der Waals surface area contributed by atoms with Gasteiger partial charge in [0.25, 0.3) is 0 Å². The Morgan fingerprint density at radius 1 is 1.20 bits per heavy atom. The van der Waals surface area contributed by atoms with E-state index in [9.17, 15) is 14.6 Å². The zero-order chi connectivity index (χ0) is 10.8. The predicted molar refractivity (Wildman–Crippen MR) is 54.3 cm³/mol. The highest BCUT2D eigenvalue weighted by molar-refractivity contribution is 5.42. The number of hydrogen-bond acceptors (Lipinski definition) is 3. The summed E-state index contributed by atoms with van der Waals surface area (Å²) in [7, 11) is 0. The fourth-order valence-corrected chi connectivity index (χ4v) is 2.00. The second-order valence-electron chi connectivity index (χ2n) is 3.83. The minimum atomic E-state index is -0.714. The number of nitrogens with one attached hydrogen (secondary N) is 1. The maximum absolute atomic E-state index is 13.6. The number of hydrogen-bond donors (Lipinski definition) is 3. The van der Waals surface area contributed by atoms with Crippen LogP contribution in [0.3, 0.4) is 0 Å². The van der Waals surface area contributed by atoms with Crippen LogP contribution in [0, 0.1) is 5.82 Å². The molecule has 1 fully saturated rings. The maximum Gasteiger partial charge on any atom is 0.173 e. The Morgan fingerprint density at radius 2 is 1.93 bits per heavy atom. The van der Waals surface area contributed by atoms with Gasteiger partial charge >= 0.3 is 0 Å². The van der Waals surface area contributed by atoms with Gasteiger partial charge in [0.1, 0.15) is 5.75 Å². The molecule has 1 atom stereocenters. The zero-order valence-electron chi connectivity index (χ0n) is 8.33. The average molecular weight is 211 g/mol. The van der Waals surface area contributed by atoms with Gasteiger partial charge in [-0.2, -0.15) is 0 Å². The Bertz CT molecular complexity index is 362. The molecule has 2 rings (SSSR count). The number of phenols is 2. The van der Waals surface area contributed by atoms with Crippen LogP contribution in [0.1, 0.15) is 30.9 Å². The number of halogens is 1. The fourth-order valence-electron chi connectivity index (χ4n) is 2.00. The van der Waals surface area contributed by atoms with Gasteiger partial charge in [0, 0.05) is 6.04 Å². The summed E-state index contributed by atoms with van der Waals surface area (Å²) >= 11 is 0. The Labute approximate surface area is 87.6 Å². The van der Waals surface area contributed by atoms with E-state index < -0.39 is 11.6 Å². The molecule has 4 heteroatoms. The molecule has 15 heavy (non-hydrogen) atoms. The molecule has 0 saturated carbocycles. The quantitative estimate of drug-likeness (QED) is 0.623. The van der Waals surface area contributed by atoms with Crippen molar-refractivity contribution in [2.75, 3.05) is 6.54 Å². The molecule has 0 aromatic heterocycles. The highest BCUT2D eigenvalue weighted by atomic mass is 19.1. The lowest BCUT2D eigenvalue weighted by atomic mass is 9.96. The van der Waals surface area contributed by atoms with Crippen molar-refractivity contribution in [1.82, 2.24) is 5.32 Å². The van der Waals surface area contributed by atoms with E-state index in [4.69, 9.17) is 0 Å². The summed E-state index contributed by atoms with van der Waals surface area (Å²) in [5, 5.41) is 22.0. The summed E-state index contributed by atoms with van der Waals surface area (Å²) in [4.78, 5) is 0. The molecule has 1 heterocycles. The third kappa shape index (κ3) is 1.90. The summed E-state index contributed by atoms with van der Waals surface area (Å²) in [5.74, 6) is -1.21. The molecule has 3 N–H and O–H groups in total. The Morgan fingerprint density at radius 3 is 2.60 bits per heavy atom. The first kappa shape index (κ1) is 10.2.